The summed E-state index contributed by atoms with van der Waals surface area (Å²) in [4.78, 5) is 25.1. The van der Waals surface area contributed by atoms with Crippen LogP contribution in [-0.2, 0) is 16.1 Å². The Hall–Kier alpha value is -2.11. The maximum absolute atomic E-state index is 13.3. The van der Waals surface area contributed by atoms with Gasteiger partial charge in [0.1, 0.15) is 18.2 Å². The maximum Gasteiger partial charge on any atom is 0.307 e. The molecule has 1 heterocycles. The molecule has 2 atom stereocenters. The van der Waals surface area contributed by atoms with E-state index in [1.54, 1.807) is 11.0 Å². The first-order valence-electron chi connectivity index (χ1n) is 6.99. The standard InChI is InChI=1S/C15H16FNO4/c16-10-1-4-13-9(7-10)8-17(5-6-21-13)14(18)11-2-3-12(11)15(19)20/h1,4,7,11-12H,2-3,5-6,8H2,(H,19,20). The van der Waals surface area contributed by atoms with Crippen molar-refractivity contribution >= 4 is 11.9 Å². The van der Waals surface area contributed by atoms with E-state index >= 15 is 0 Å². The van der Waals surface area contributed by atoms with Crippen molar-refractivity contribution in [1.29, 1.82) is 0 Å². The molecule has 1 amide bonds. The predicted octanol–water partition coefficient (Wildman–Crippen LogP) is 1.66. The number of carbonyl (C=O) groups is 2. The molecule has 1 saturated carbocycles. The van der Waals surface area contributed by atoms with Crippen molar-refractivity contribution in [3.05, 3.63) is 29.6 Å². The van der Waals surface area contributed by atoms with Crippen molar-refractivity contribution in [2.75, 3.05) is 13.2 Å². The smallest absolute Gasteiger partial charge is 0.307 e. The number of fused-ring (bicyclic) bond motifs is 1. The van der Waals surface area contributed by atoms with Crippen LogP contribution in [0.2, 0.25) is 0 Å². The zero-order valence-corrected chi connectivity index (χ0v) is 11.4. The Morgan fingerprint density at radius 3 is 2.71 bits per heavy atom. The van der Waals surface area contributed by atoms with E-state index in [4.69, 9.17) is 9.84 Å². The Kier molecular flexibility index (Phi) is 3.53. The van der Waals surface area contributed by atoms with Crippen molar-refractivity contribution < 1.29 is 23.8 Å². The van der Waals surface area contributed by atoms with Crippen LogP contribution in [-0.4, -0.2) is 35.0 Å². The minimum absolute atomic E-state index is 0.172. The second-order valence-electron chi connectivity index (χ2n) is 5.49. The van der Waals surface area contributed by atoms with Gasteiger partial charge in [0.25, 0.3) is 0 Å². The maximum atomic E-state index is 13.3. The molecular weight excluding hydrogens is 277 g/mol. The SMILES string of the molecule is O=C(O)C1CCC1C(=O)N1CCOc2ccc(F)cc2C1. The van der Waals surface area contributed by atoms with Crippen LogP contribution in [0.25, 0.3) is 0 Å². The van der Waals surface area contributed by atoms with Crippen molar-refractivity contribution in [2.24, 2.45) is 11.8 Å². The topological polar surface area (TPSA) is 66.8 Å². The molecule has 112 valence electrons. The van der Waals surface area contributed by atoms with Crippen LogP contribution in [0.1, 0.15) is 18.4 Å². The zero-order valence-electron chi connectivity index (χ0n) is 11.4. The number of carboxylic acids is 1. The molecule has 6 heteroatoms. The molecule has 0 bridgehead atoms. The van der Waals surface area contributed by atoms with Gasteiger partial charge in [-0.05, 0) is 31.0 Å². The van der Waals surface area contributed by atoms with Crippen molar-refractivity contribution in [1.82, 2.24) is 4.90 Å². The first-order valence-corrected chi connectivity index (χ1v) is 6.99. The molecule has 3 rings (SSSR count). The van der Waals surface area contributed by atoms with Gasteiger partial charge in [-0.2, -0.15) is 0 Å². The van der Waals surface area contributed by atoms with Crippen LogP contribution >= 0.6 is 0 Å². The number of hydrogen-bond acceptors (Lipinski definition) is 3. The lowest BCUT2D eigenvalue weighted by Crippen LogP contribution is -2.46. The summed E-state index contributed by atoms with van der Waals surface area (Å²) < 4.78 is 18.8. The number of aliphatic carboxylic acids is 1. The van der Waals surface area contributed by atoms with E-state index in [0.717, 1.165) is 0 Å². The van der Waals surface area contributed by atoms with Gasteiger partial charge in [0, 0.05) is 12.1 Å². The van der Waals surface area contributed by atoms with Crippen LogP contribution in [0.5, 0.6) is 5.75 Å². The fourth-order valence-electron chi connectivity index (χ4n) is 2.88. The van der Waals surface area contributed by atoms with Crippen LogP contribution < -0.4 is 4.74 Å². The lowest BCUT2D eigenvalue weighted by molar-refractivity contribution is -0.157. The van der Waals surface area contributed by atoms with Crippen LogP contribution in [0.4, 0.5) is 4.39 Å². The van der Waals surface area contributed by atoms with Gasteiger partial charge in [-0.3, -0.25) is 9.59 Å². The summed E-state index contributed by atoms with van der Waals surface area (Å²) in [7, 11) is 0. The number of rotatable bonds is 2. The molecule has 1 N–H and O–H groups in total. The molecule has 1 aliphatic carbocycles. The summed E-state index contributed by atoms with van der Waals surface area (Å²) in [5.74, 6) is -1.94. The molecule has 1 aliphatic heterocycles. The summed E-state index contributed by atoms with van der Waals surface area (Å²) in [6, 6.07) is 4.24. The molecule has 2 aliphatic rings. The monoisotopic (exact) mass is 293 g/mol. The molecule has 1 aromatic rings. The van der Waals surface area contributed by atoms with Gasteiger partial charge < -0.3 is 14.7 Å². The largest absolute Gasteiger partial charge is 0.491 e. The Balaban J connectivity index is 1.77. The Bertz CT molecular complexity index is 589. The number of amides is 1. The van der Waals surface area contributed by atoms with E-state index < -0.39 is 17.8 Å². The number of carbonyl (C=O) groups excluding carboxylic acids is 1. The van der Waals surface area contributed by atoms with Gasteiger partial charge in [0.15, 0.2) is 0 Å². The second kappa shape index (κ2) is 5.35. The van der Waals surface area contributed by atoms with Gasteiger partial charge in [0.05, 0.1) is 18.4 Å². The van der Waals surface area contributed by atoms with Gasteiger partial charge in [0.2, 0.25) is 5.91 Å². The molecule has 2 unspecified atom stereocenters. The van der Waals surface area contributed by atoms with Crippen LogP contribution in [0, 0.1) is 17.7 Å². The lowest BCUT2D eigenvalue weighted by Gasteiger charge is -2.35. The molecule has 0 spiro atoms. The molecule has 0 saturated heterocycles. The zero-order chi connectivity index (χ0) is 15.0. The van der Waals surface area contributed by atoms with Crippen molar-refractivity contribution in [2.45, 2.75) is 19.4 Å². The molecule has 0 radical (unpaired) electrons. The average molecular weight is 293 g/mol. The third kappa shape index (κ3) is 2.57. The third-order valence-electron chi connectivity index (χ3n) is 4.22. The van der Waals surface area contributed by atoms with E-state index in [0.29, 0.717) is 37.3 Å². The summed E-state index contributed by atoms with van der Waals surface area (Å²) >= 11 is 0. The number of ether oxygens (including phenoxy) is 1. The highest BCUT2D eigenvalue weighted by molar-refractivity contribution is 5.86. The highest BCUT2D eigenvalue weighted by Crippen LogP contribution is 2.36. The van der Waals surface area contributed by atoms with E-state index in [1.165, 1.54) is 12.1 Å². The van der Waals surface area contributed by atoms with E-state index in [1.807, 2.05) is 0 Å². The second-order valence-corrected chi connectivity index (χ2v) is 5.49. The predicted molar refractivity (Wildman–Crippen MR) is 71.2 cm³/mol. The van der Waals surface area contributed by atoms with Crippen LogP contribution in [0.15, 0.2) is 18.2 Å². The lowest BCUT2D eigenvalue weighted by atomic mass is 9.73. The summed E-state index contributed by atoms with van der Waals surface area (Å²) in [6.07, 6.45) is 1.14. The number of hydrogen-bond donors (Lipinski definition) is 1. The third-order valence-corrected chi connectivity index (χ3v) is 4.22. The minimum atomic E-state index is -0.919. The number of halogens is 1. The molecule has 5 nitrogen and oxygen atoms in total. The van der Waals surface area contributed by atoms with Crippen LogP contribution in [0.3, 0.4) is 0 Å². The number of nitrogens with zero attached hydrogens (tertiary/aromatic N) is 1. The molecule has 1 aromatic carbocycles. The van der Waals surface area contributed by atoms with Gasteiger partial charge in [-0.25, -0.2) is 4.39 Å². The highest BCUT2D eigenvalue weighted by Gasteiger charge is 2.43. The number of benzene rings is 1. The Morgan fingerprint density at radius 1 is 1.29 bits per heavy atom. The average Bonchev–Trinajstić information content (AvgIpc) is 2.58. The Labute approximate surface area is 121 Å². The van der Waals surface area contributed by atoms with Crippen molar-refractivity contribution in [3.63, 3.8) is 0 Å². The first-order chi connectivity index (χ1) is 10.1. The normalized spacial score (nSPS) is 24.3. The molecular formula is C15H16FNO4. The molecule has 0 aromatic heterocycles. The Morgan fingerprint density at radius 2 is 2.05 bits per heavy atom. The van der Waals surface area contributed by atoms with Gasteiger partial charge in [-0.15, -0.1) is 0 Å². The fourth-order valence-corrected chi connectivity index (χ4v) is 2.88. The summed E-state index contributed by atoms with van der Waals surface area (Å²) in [5, 5.41) is 9.06. The highest BCUT2D eigenvalue weighted by atomic mass is 19.1. The first kappa shape index (κ1) is 13.9. The van der Waals surface area contributed by atoms with Gasteiger partial charge in [-0.1, -0.05) is 0 Å². The summed E-state index contributed by atoms with van der Waals surface area (Å²) in [5.41, 5.74) is 0.618. The van der Waals surface area contributed by atoms with E-state index in [9.17, 15) is 14.0 Å². The minimum Gasteiger partial charge on any atom is -0.491 e. The quantitative estimate of drug-likeness (QED) is 0.900. The van der Waals surface area contributed by atoms with Gasteiger partial charge >= 0.3 is 5.97 Å². The van der Waals surface area contributed by atoms with E-state index in [-0.39, 0.29) is 18.3 Å². The molecule has 21 heavy (non-hydrogen) atoms. The van der Waals surface area contributed by atoms with Crippen molar-refractivity contribution in [3.8, 4) is 5.75 Å². The number of carboxylic acid groups (broad SMARTS) is 1. The fraction of sp³-hybridized carbons (Fsp3) is 0.467. The molecule has 1 fully saturated rings. The summed E-state index contributed by atoms with van der Waals surface area (Å²) in [6.45, 7) is 0.974. The van der Waals surface area contributed by atoms with E-state index in [2.05, 4.69) is 0 Å².